The Morgan fingerprint density at radius 3 is 2.48 bits per heavy atom. The summed E-state index contributed by atoms with van der Waals surface area (Å²) in [7, 11) is 1.48. The predicted octanol–water partition coefficient (Wildman–Crippen LogP) is 5.13. The number of ether oxygens (including phenoxy) is 1. The Balaban J connectivity index is 1.88. The van der Waals surface area contributed by atoms with E-state index >= 15 is 0 Å². The van der Waals surface area contributed by atoms with E-state index in [1.165, 1.54) is 24.3 Å². The number of nitrogens with zero attached hydrogens (tertiary/aromatic N) is 1. The van der Waals surface area contributed by atoms with Crippen LogP contribution in [0.15, 0.2) is 70.9 Å². The van der Waals surface area contributed by atoms with Crippen LogP contribution in [0.1, 0.15) is 29.9 Å². The number of aliphatic hydroxyl groups excluding tert-OH is 1. The monoisotopic (exact) mass is 437 g/mol. The molecule has 2 heterocycles. The number of aryl methyl sites for hydroxylation is 1. The van der Waals surface area contributed by atoms with E-state index in [9.17, 15) is 14.7 Å². The molecule has 2 aromatic carbocycles. The first kappa shape index (κ1) is 20.8. The van der Waals surface area contributed by atoms with Gasteiger partial charge in [0.05, 0.1) is 24.0 Å². The summed E-state index contributed by atoms with van der Waals surface area (Å²) in [5, 5.41) is 11.3. The van der Waals surface area contributed by atoms with Crippen LogP contribution in [0.2, 0.25) is 5.02 Å². The Labute approximate surface area is 184 Å². The molecule has 0 radical (unpaired) electrons. The number of ketones is 1. The molecule has 1 aliphatic rings. The molecule has 1 fully saturated rings. The third-order valence-electron chi connectivity index (χ3n) is 5.31. The van der Waals surface area contributed by atoms with Crippen LogP contribution in [0.25, 0.3) is 5.76 Å². The SMILES string of the molecule is CCc1ccc(N2C(=O)C(=O)/C(=C(\O)c3ccc(OC)c(Cl)c3)C2c2ccco2)cc1. The maximum absolute atomic E-state index is 13.0. The van der Waals surface area contributed by atoms with E-state index in [-0.39, 0.29) is 16.4 Å². The van der Waals surface area contributed by atoms with E-state index in [4.69, 9.17) is 20.8 Å². The Morgan fingerprint density at radius 1 is 1.16 bits per heavy atom. The summed E-state index contributed by atoms with van der Waals surface area (Å²) in [6, 6.07) is 14.4. The molecule has 31 heavy (non-hydrogen) atoms. The van der Waals surface area contributed by atoms with Crippen molar-refractivity contribution in [3.05, 3.63) is 88.3 Å². The summed E-state index contributed by atoms with van der Waals surface area (Å²) < 4.78 is 10.7. The first-order valence-electron chi connectivity index (χ1n) is 9.73. The van der Waals surface area contributed by atoms with Crippen molar-refractivity contribution in [2.45, 2.75) is 19.4 Å². The molecule has 1 aliphatic heterocycles. The van der Waals surface area contributed by atoms with Gasteiger partial charge in [0.15, 0.2) is 0 Å². The molecular formula is C24H20ClNO5. The van der Waals surface area contributed by atoms with E-state index in [0.717, 1.165) is 12.0 Å². The third kappa shape index (κ3) is 3.59. The molecule has 1 atom stereocenters. The van der Waals surface area contributed by atoms with Gasteiger partial charge in [-0.3, -0.25) is 14.5 Å². The molecule has 158 valence electrons. The molecule has 6 nitrogen and oxygen atoms in total. The summed E-state index contributed by atoms with van der Waals surface area (Å²) in [4.78, 5) is 27.4. The zero-order valence-electron chi connectivity index (χ0n) is 17.0. The van der Waals surface area contributed by atoms with Gasteiger partial charge < -0.3 is 14.3 Å². The van der Waals surface area contributed by atoms with Gasteiger partial charge in [0.2, 0.25) is 0 Å². The van der Waals surface area contributed by atoms with Gasteiger partial charge in [-0.05, 0) is 54.4 Å². The number of rotatable bonds is 5. The zero-order chi connectivity index (χ0) is 22.1. The van der Waals surface area contributed by atoms with Crippen molar-refractivity contribution in [2.24, 2.45) is 0 Å². The zero-order valence-corrected chi connectivity index (χ0v) is 17.7. The maximum Gasteiger partial charge on any atom is 0.300 e. The molecule has 1 amide bonds. The minimum atomic E-state index is -0.914. The van der Waals surface area contributed by atoms with Crippen molar-refractivity contribution in [1.82, 2.24) is 0 Å². The quantitative estimate of drug-likeness (QED) is 0.340. The van der Waals surface area contributed by atoms with Gasteiger partial charge in [-0.15, -0.1) is 0 Å². The number of methoxy groups -OCH3 is 1. The highest BCUT2D eigenvalue weighted by molar-refractivity contribution is 6.51. The average molecular weight is 438 g/mol. The van der Waals surface area contributed by atoms with Crippen LogP contribution in [0.4, 0.5) is 5.69 Å². The van der Waals surface area contributed by atoms with E-state index in [1.54, 1.807) is 36.4 Å². The highest BCUT2D eigenvalue weighted by Crippen LogP contribution is 2.42. The van der Waals surface area contributed by atoms with Crippen LogP contribution < -0.4 is 9.64 Å². The van der Waals surface area contributed by atoms with Gasteiger partial charge in [-0.1, -0.05) is 30.7 Å². The van der Waals surface area contributed by atoms with E-state index in [0.29, 0.717) is 22.8 Å². The van der Waals surface area contributed by atoms with Gasteiger partial charge in [0.1, 0.15) is 23.3 Å². The van der Waals surface area contributed by atoms with Crippen LogP contribution >= 0.6 is 11.6 Å². The largest absolute Gasteiger partial charge is 0.507 e. The Kier molecular flexibility index (Phi) is 5.57. The first-order chi connectivity index (χ1) is 15.0. The molecular weight excluding hydrogens is 418 g/mol. The van der Waals surface area contributed by atoms with Crippen LogP contribution in [0, 0.1) is 0 Å². The van der Waals surface area contributed by atoms with Crippen molar-refractivity contribution in [2.75, 3.05) is 12.0 Å². The molecule has 0 saturated carbocycles. The fraction of sp³-hybridized carbons (Fsp3) is 0.167. The van der Waals surface area contributed by atoms with Crippen LogP contribution in [0.3, 0.4) is 0 Å². The van der Waals surface area contributed by atoms with Gasteiger partial charge >= 0.3 is 0 Å². The summed E-state index contributed by atoms with van der Waals surface area (Å²) >= 11 is 6.19. The lowest BCUT2D eigenvalue weighted by Crippen LogP contribution is -2.29. The van der Waals surface area contributed by atoms with E-state index in [2.05, 4.69) is 0 Å². The average Bonchev–Trinajstić information content (AvgIpc) is 3.40. The lowest BCUT2D eigenvalue weighted by molar-refractivity contribution is -0.132. The lowest BCUT2D eigenvalue weighted by atomic mass is 9.99. The molecule has 0 spiro atoms. The Morgan fingerprint density at radius 2 is 1.90 bits per heavy atom. The van der Waals surface area contributed by atoms with Crippen molar-refractivity contribution < 1.29 is 23.8 Å². The summed E-state index contributed by atoms with van der Waals surface area (Å²) in [5.74, 6) is -1.09. The van der Waals surface area contributed by atoms with Gasteiger partial charge in [-0.25, -0.2) is 0 Å². The minimum Gasteiger partial charge on any atom is -0.507 e. The number of furan rings is 1. The number of halogens is 1. The van der Waals surface area contributed by atoms with Crippen molar-refractivity contribution in [3.8, 4) is 5.75 Å². The molecule has 1 aromatic heterocycles. The predicted molar refractivity (Wildman–Crippen MR) is 117 cm³/mol. The molecule has 7 heteroatoms. The summed E-state index contributed by atoms with van der Waals surface area (Å²) in [5.41, 5.74) is 1.86. The lowest BCUT2D eigenvalue weighted by Gasteiger charge is -2.23. The molecule has 3 aromatic rings. The highest BCUT2D eigenvalue weighted by atomic mass is 35.5. The second kappa shape index (κ2) is 8.32. The summed E-state index contributed by atoms with van der Waals surface area (Å²) in [6.45, 7) is 2.03. The number of carbonyl (C=O) groups is 2. The van der Waals surface area contributed by atoms with Crippen molar-refractivity contribution in [3.63, 3.8) is 0 Å². The van der Waals surface area contributed by atoms with Crippen LogP contribution in [-0.4, -0.2) is 23.9 Å². The number of benzene rings is 2. The number of hydrogen-bond donors (Lipinski definition) is 1. The standard InChI is InChI=1S/C24H20ClNO5/c1-3-14-6-9-16(10-7-14)26-21(19-5-4-12-31-19)20(23(28)24(26)29)22(27)15-8-11-18(30-2)17(25)13-15/h4-13,21,27H,3H2,1-2H3/b22-20-. The van der Waals surface area contributed by atoms with E-state index in [1.807, 2.05) is 19.1 Å². The maximum atomic E-state index is 13.0. The molecule has 4 rings (SSSR count). The fourth-order valence-electron chi connectivity index (χ4n) is 3.68. The summed E-state index contributed by atoms with van der Waals surface area (Å²) in [6.07, 6.45) is 2.30. The number of aliphatic hydroxyl groups is 1. The highest BCUT2D eigenvalue weighted by Gasteiger charge is 2.48. The van der Waals surface area contributed by atoms with Gasteiger partial charge in [0.25, 0.3) is 11.7 Å². The fourth-order valence-corrected chi connectivity index (χ4v) is 3.93. The second-order valence-electron chi connectivity index (χ2n) is 7.05. The Hall–Kier alpha value is -3.51. The minimum absolute atomic E-state index is 0.0687. The molecule has 0 bridgehead atoms. The number of carbonyl (C=O) groups excluding carboxylic acids is 2. The number of hydrogen-bond acceptors (Lipinski definition) is 5. The number of amides is 1. The topological polar surface area (TPSA) is 80.0 Å². The Bertz CT molecular complexity index is 1170. The molecule has 1 N–H and O–H groups in total. The first-order valence-corrected chi connectivity index (χ1v) is 10.1. The van der Waals surface area contributed by atoms with Crippen molar-refractivity contribution >= 4 is 34.7 Å². The number of anilines is 1. The third-order valence-corrected chi connectivity index (χ3v) is 5.60. The smallest absolute Gasteiger partial charge is 0.300 e. The van der Waals surface area contributed by atoms with Crippen LogP contribution in [0.5, 0.6) is 5.75 Å². The van der Waals surface area contributed by atoms with Gasteiger partial charge in [0, 0.05) is 11.3 Å². The number of Topliss-reactive ketones (excluding diaryl/α,β-unsaturated/α-hetero) is 1. The van der Waals surface area contributed by atoms with Crippen LogP contribution in [-0.2, 0) is 16.0 Å². The van der Waals surface area contributed by atoms with E-state index < -0.39 is 17.7 Å². The second-order valence-corrected chi connectivity index (χ2v) is 7.46. The molecule has 1 unspecified atom stereocenters. The van der Waals surface area contributed by atoms with Gasteiger partial charge in [-0.2, -0.15) is 0 Å². The molecule has 0 aliphatic carbocycles. The molecule has 1 saturated heterocycles. The van der Waals surface area contributed by atoms with Crippen molar-refractivity contribution in [1.29, 1.82) is 0 Å². The normalized spacial score (nSPS) is 17.9.